The van der Waals surface area contributed by atoms with E-state index in [1.54, 1.807) is 6.07 Å². The van der Waals surface area contributed by atoms with Gasteiger partial charge in [-0.2, -0.15) is 0 Å². The Morgan fingerprint density at radius 3 is 2.43 bits per heavy atom. The first-order valence-electron chi connectivity index (χ1n) is 9.54. The molecule has 8 heteroatoms. The van der Waals surface area contributed by atoms with Crippen LogP contribution in [0.25, 0.3) is 0 Å². The molecule has 2 aliphatic heterocycles. The Hall–Kier alpha value is -2.29. The van der Waals surface area contributed by atoms with Crippen molar-refractivity contribution in [3.63, 3.8) is 0 Å². The molecule has 2 aromatic rings. The van der Waals surface area contributed by atoms with E-state index >= 15 is 0 Å². The standard InChI is InChI=1S/C20H24F2N4O2/c21-15-12-17(22)20(18(13-15)26-6-10-28-11-7-26)24-19-3-1-2-16(23-19)14-25-4-8-27-9-5-25/h1-3,12-13H,4-11,14H2,(H,23,24). The van der Waals surface area contributed by atoms with Gasteiger partial charge < -0.3 is 19.7 Å². The molecule has 2 saturated heterocycles. The number of anilines is 3. The molecule has 0 amide bonds. The smallest absolute Gasteiger partial charge is 0.151 e. The summed E-state index contributed by atoms with van der Waals surface area (Å²) in [6, 6.07) is 7.87. The lowest BCUT2D eigenvalue weighted by Crippen LogP contribution is -2.36. The molecular formula is C20H24F2N4O2. The number of aromatic nitrogens is 1. The molecule has 1 aromatic carbocycles. The predicted molar refractivity (Wildman–Crippen MR) is 103 cm³/mol. The van der Waals surface area contributed by atoms with Gasteiger partial charge in [-0.05, 0) is 18.2 Å². The van der Waals surface area contributed by atoms with Gasteiger partial charge in [0, 0.05) is 38.8 Å². The van der Waals surface area contributed by atoms with Gasteiger partial charge >= 0.3 is 0 Å². The van der Waals surface area contributed by atoms with E-state index in [0.29, 0.717) is 44.4 Å². The van der Waals surface area contributed by atoms with Crippen LogP contribution in [0.15, 0.2) is 30.3 Å². The van der Waals surface area contributed by atoms with Gasteiger partial charge in [0.2, 0.25) is 0 Å². The SMILES string of the molecule is Fc1cc(F)c(Nc2cccc(CN3CCOCC3)n2)c(N2CCOCC2)c1. The van der Waals surface area contributed by atoms with E-state index in [1.165, 1.54) is 6.07 Å². The molecule has 3 heterocycles. The highest BCUT2D eigenvalue weighted by Crippen LogP contribution is 2.33. The molecular weight excluding hydrogens is 366 g/mol. The summed E-state index contributed by atoms with van der Waals surface area (Å²) < 4.78 is 39.2. The second kappa shape index (κ2) is 8.81. The minimum atomic E-state index is -0.637. The van der Waals surface area contributed by atoms with Crippen LogP contribution in [-0.2, 0) is 16.0 Å². The van der Waals surface area contributed by atoms with Crippen LogP contribution in [0.4, 0.5) is 26.0 Å². The summed E-state index contributed by atoms with van der Waals surface area (Å²) in [5.41, 5.74) is 1.61. The van der Waals surface area contributed by atoms with Crippen LogP contribution in [0, 0.1) is 11.6 Å². The third-order valence-corrected chi connectivity index (χ3v) is 4.94. The summed E-state index contributed by atoms with van der Waals surface area (Å²) in [6.45, 7) is 6.13. The van der Waals surface area contributed by atoms with Crippen LogP contribution in [-0.4, -0.2) is 62.5 Å². The summed E-state index contributed by atoms with van der Waals surface area (Å²) in [5, 5.41) is 3.06. The Balaban J connectivity index is 1.55. The molecule has 6 nitrogen and oxygen atoms in total. The monoisotopic (exact) mass is 390 g/mol. The summed E-state index contributed by atoms with van der Waals surface area (Å²) in [5.74, 6) is -0.703. The van der Waals surface area contributed by atoms with Crippen molar-refractivity contribution in [3.05, 3.63) is 47.7 Å². The second-order valence-corrected chi connectivity index (χ2v) is 6.91. The topological polar surface area (TPSA) is 49.9 Å². The number of nitrogens with zero attached hydrogens (tertiary/aromatic N) is 3. The van der Waals surface area contributed by atoms with E-state index in [9.17, 15) is 8.78 Å². The van der Waals surface area contributed by atoms with Crippen molar-refractivity contribution in [1.82, 2.24) is 9.88 Å². The van der Waals surface area contributed by atoms with Gasteiger partial charge in [0.15, 0.2) is 5.82 Å². The van der Waals surface area contributed by atoms with Gasteiger partial charge in [-0.15, -0.1) is 0 Å². The zero-order valence-electron chi connectivity index (χ0n) is 15.7. The number of pyridine rings is 1. The molecule has 2 aliphatic rings. The average molecular weight is 390 g/mol. The van der Waals surface area contributed by atoms with E-state index in [2.05, 4.69) is 15.2 Å². The van der Waals surface area contributed by atoms with Gasteiger partial charge in [-0.3, -0.25) is 4.90 Å². The van der Waals surface area contributed by atoms with E-state index in [1.807, 2.05) is 17.0 Å². The van der Waals surface area contributed by atoms with E-state index in [-0.39, 0.29) is 5.69 Å². The van der Waals surface area contributed by atoms with E-state index in [4.69, 9.17) is 9.47 Å². The highest BCUT2D eigenvalue weighted by atomic mass is 19.1. The quantitative estimate of drug-likeness (QED) is 0.847. The number of rotatable bonds is 5. The Bertz CT molecular complexity index is 809. The fourth-order valence-corrected chi connectivity index (χ4v) is 3.49. The first-order chi connectivity index (χ1) is 13.7. The van der Waals surface area contributed by atoms with Crippen molar-refractivity contribution < 1.29 is 18.3 Å². The molecule has 28 heavy (non-hydrogen) atoms. The summed E-state index contributed by atoms with van der Waals surface area (Å²) in [6.07, 6.45) is 0. The summed E-state index contributed by atoms with van der Waals surface area (Å²) in [7, 11) is 0. The van der Waals surface area contributed by atoms with Crippen molar-refractivity contribution in [1.29, 1.82) is 0 Å². The molecule has 0 radical (unpaired) electrons. The molecule has 0 aliphatic carbocycles. The van der Waals surface area contributed by atoms with Crippen LogP contribution in [0.1, 0.15) is 5.69 Å². The number of hydrogen-bond donors (Lipinski definition) is 1. The van der Waals surface area contributed by atoms with Crippen molar-refractivity contribution in [2.45, 2.75) is 6.54 Å². The van der Waals surface area contributed by atoms with Gasteiger partial charge in [0.25, 0.3) is 0 Å². The fourth-order valence-electron chi connectivity index (χ4n) is 3.49. The Morgan fingerprint density at radius 1 is 0.964 bits per heavy atom. The van der Waals surface area contributed by atoms with Crippen molar-refractivity contribution >= 4 is 17.2 Å². The largest absolute Gasteiger partial charge is 0.379 e. The fraction of sp³-hybridized carbons (Fsp3) is 0.450. The van der Waals surface area contributed by atoms with Crippen LogP contribution in [0.3, 0.4) is 0 Å². The molecule has 2 fully saturated rings. The molecule has 4 rings (SSSR count). The van der Waals surface area contributed by atoms with Crippen LogP contribution < -0.4 is 10.2 Å². The Morgan fingerprint density at radius 2 is 1.68 bits per heavy atom. The molecule has 0 spiro atoms. The number of benzene rings is 1. The lowest BCUT2D eigenvalue weighted by atomic mass is 10.2. The minimum absolute atomic E-state index is 0.235. The zero-order valence-corrected chi connectivity index (χ0v) is 15.7. The second-order valence-electron chi connectivity index (χ2n) is 6.91. The van der Waals surface area contributed by atoms with Gasteiger partial charge in [0.1, 0.15) is 11.6 Å². The normalized spacial score (nSPS) is 18.3. The van der Waals surface area contributed by atoms with Gasteiger partial charge in [-0.1, -0.05) is 6.07 Å². The number of nitrogens with one attached hydrogen (secondary N) is 1. The van der Waals surface area contributed by atoms with Crippen LogP contribution in [0.2, 0.25) is 0 Å². The molecule has 0 unspecified atom stereocenters. The number of ether oxygens (including phenoxy) is 2. The van der Waals surface area contributed by atoms with E-state index < -0.39 is 11.6 Å². The van der Waals surface area contributed by atoms with Crippen molar-refractivity contribution in [3.8, 4) is 0 Å². The maximum absolute atomic E-state index is 14.6. The molecule has 0 saturated carbocycles. The van der Waals surface area contributed by atoms with Crippen molar-refractivity contribution in [2.24, 2.45) is 0 Å². The Kier molecular flexibility index (Phi) is 5.99. The van der Waals surface area contributed by atoms with Crippen LogP contribution in [0.5, 0.6) is 0 Å². The van der Waals surface area contributed by atoms with Gasteiger partial charge in [0.05, 0.1) is 43.5 Å². The molecule has 1 N–H and O–H groups in total. The van der Waals surface area contributed by atoms with Crippen molar-refractivity contribution in [2.75, 3.05) is 62.8 Å². The number of morpholine rings is 2. The molecule has 0 atom stereocenters. The number of hydrogen-bond acceptors (Lipinski definition) is 6. The maximum atomic E-state index is 14.6. The minimum Gasteiger partial charge on any atom is -0.379 e. The zero-order chi connectivity index (χ0) is 19.3. The predicted octanol–water partition coefficient (Wildman–Crippen LogP) is 2.77. The first kappa shape index (κ1) is 19.0. The number of halogens is 2. The lowest BCUT2D eigenvalue weighted by molar-refractivity contribution is 0.0337. The summed E-state index contributed by atoms with van der Waals surface area (Å²) in [4.78, 5) is 8.81. The summed E-state index contributed by atoms with van der Waals surface area (Å²) >= 11 is 0. The maximum Gasteiger partial charge on any atom is 0.151 e. The Labute approximate surface area is 163 Å². The third kappa shape index (κ3) is 4.57. The molecule has 1 aromatic heterocycles. The lowest BCUT2D eigenvalue weighted by Gasteiger charge is -2.31. The average Bonchev–Trinajstić information content (AvgIpc) is 2.71. The highest BCUT2D eigenvalue weighted by molar-refractivity contribution is 5.75. The van der Waals surface area contributed by atoms with E-state index in [0.717, 1.165) is 38.1 Å². The highest BCUT2D eigenvalue weighted by Gasteiger charge is 2.20. The third-order valence-electron chi connectivity index (χ3n) is 4.94. The first-order valence-corrected chi connectivity index (χ1v) is 9.54. The molecule has 0 bridgehead atoms. The van der Waals surface area contributed by atoms with Crippen LogP contribution >= 0.6 is 0 Å². The molecule has 150 valence electrons. The van der Waals surface area contributed by atoms with Gasteiger partial charge in [-0.25, -0.2) is 13.8 Å².